The number of fused-ring (bicyclic) bond motifs is 1. The second-order valence-electron chi connectivity index (χ2n) is 5.34. The van der Waals surface area contributed by atoms with Gasteiger partial charge < -0.3 is 10.2 Å². The summed E-state index contributed by atoms with van der Waals surface area (Å²) in [7, 11) is 1.93. The lowest BCUT2D eigenvalue weighted by Gasteiger charge is -2.22. The summed E-state index contributed by atoms with van der Waals surface area (Å²) in [4.78, 5) is 1.95. The third-order valence-electron chi connectivity index (χ3n) is 3.84. The smallest absolute Gasteiger partial charge is 0.146 e. The Labute approximate surface area is 119 Å². The van der Waals surface area contributed by atoms with E-state index in [2.05, 4.69) is 23.5 Å². The highest BCUT2D eigenvalue weighted by molar-refractivity contribution is 5.47. The van der Waals surface area contributed by atoms with Gasteiger partial charge in [0.05, 0.1) is 5.69 Å². The fraction of sp³-hybridized carbons (Fsp3) is 0.294. The predicted octanol–water partition coefficient (Wildman–Crippen LogP) is 3.11. The molecule has 0 spiro atoms. The van der Waals surface area contributed by atoms with E-state index in [9.17, 15) is 4.39 Å². The molecule has 1 heterocycles. The molecule has 2 nitrogen and oxygen atoms in total. The molecule has 3 heteroatoms. The van der Waals surface area contributed by atoms with Crippen molar-refractivity contribution in [2.45, 2.75) is 19.5 Å². The third-order valence-corrected chi connectivity index (χ3v) is 3.84. The van der Waals surface area contributed by atoms with E-state index in [1.807, 2.05) is 24.1 Å². The Morgan fingerprint density at radius 3 is 2.85 bits per heavy atom. The van der Waals surface area contributed by atoms with E-state index >= 15 is 0 Å². The van der Waals surface area contributed by atoms with Gasteiger partial charge in [-0.1, -0.05) is 30.3 Å². The minimum Gasteiger partial charge on any atom is -0.368 e. The normalized spacial score (nSPS) is 13.9. The van der Waals surface area contributed by atoms with Crippen molar-refractivity contribution >= 4 is 5.69 Å². The van der Waals surface area contributed by atoms with Crippen molar-refractivity contribution in [3.05, 3.63) is 65.0 Å². The largest absolute Gasteiger partial charge is 0.368 e. The van der Waals surface area contributed by atoms with E-state index < -0.39 is 0 Å². The van der Waals surface area contributed by atoms with Crippen molar-refractivity contribution in [1.82, 2.24) is 5.32 Å². The molecule has 0 aromatic heterocycles. The molecule has 2 aromatic rings. The fourth-order valence-electron chi connectivity index (χ4n) is 2.75. The molecule has 1 N–H and O–H groups in total. The average Bonchev–Trinajstić information content (AvgIpc) is 2.47. The minimum absolute atomic E-state index is 0.172. The third kappa shape index (κ3) is 2.68. The summed E-state index contributed by atoms with van der Waals surface area (Å²) in [6.07, 6.45) is 1.10. The van der Waals surface area contributed by atoms with E-state index in [0.29, 0.717) is 12.2 Å². The Kier molecular flexibility index (Phi) is 3.70. The zero-order chi connectivity index (χ0) is 13.9. The van der Waals surface area contributed by atoms with E-state index in [0.717, 1.165) is 19.5 Å². The molecule has 0 saturated carbocycles. The topological polar surface area (TPSA) is 15.3 Å². The molecule has 104 valence electrons. The molecule has 0 atom stereocenters. The Bertz CT molecular complexity index is 610. The quantitative estimate of drug-likeness (QED) is 0.922. The molecule has 0 amide bonds. The SMILES string of the molecule is CN(Cc1ccc2c(c1)CNCC2)c1ccccc1F. The van der Waals surface area contributed by atoms with Crippen molar-refractivity contribution in [3.63, 3.8) is 0 Å². The number of para-hydroxylation sites is 1. The van der Waals surface area contributed by atoms with Crippen LogP contribution in [-0.2, 0) is 19.5 Å². The lowest BCUT2D eigenvalue weighted by atomic mass is 9.98. The number of nitrogens with one attached hydrogen (secondary N) is 1. The molecule has 0 aliphatic carbocycles. The van der Waals surface area contributed by atoms with Crippen molar-refractivity contribution in [2.75, 3.05) is 18.5 Å². The summed E-state index contributed by atoms with van der Waals surface area (Å²) in [6, 6.07) is 13.5. The highest BCUT2D eigenvalue weighted by Gasteiger charge is 2.11. The van der Waals surface area contributed by atoms with E-state index in [4.69, 9.17) is 0 Å². The highest BCUT2D eigenvalue weighted by Crippen LogP contribution is 2.21. The Morgan fingerprint density at radius 2 is 2.00 bits per heavy atom. The number of hydrogen-bond acceptors (Lipinski definition) is 2. The van der Waals surface area contributed by atoms with Crippen molar-refractivity contribution in [3.8, 4) is 0 Å². The first-order valence-electron chi connectivity index (χ1n) is 7.01. The van der Waals surface area contributed by atoms with Gasteiger partial charge in [-0.25, -0.2) is 4.39 Å². The van der Waals surface area contributed by atoms with Crippen LogP contribution in [0.5, 0.6) is 0 Å². The average molecular weight is 270 g/mol. The van der Waals surface area contributed by atoms with Gasteiger partial charge in [0, 0.05) is 20.1 Å². The molecule has 0 bridgehead atoms. The van der Waals surface area contributed by atoms with Gasteiger partial charge in [0.2, 0.25) is 0 Å². The number of anilines is 1. The lowest BCUT2D eigenvalue weighted by Crippen LogP contribution is -2.24. The summed E-state index contributed by atoms with van der Waals surface area (Å²) in [5.74, 6) is -0.172. The molecule has 0 fully saturated rings. The van der Waals surface area contributed by atoms with Crippen LogP contribution < -0.4 is 10.2 Å². The van der Waals surface area contributed by atoms with Gasteiger partial charge in [0.15, 0.2) is 0 Å². The maximum atomic E-state index is 13.8. The maximum absolute atomic E-state index is 13.8. The number of nitrogens with zero attached hydrogens (tertiary/aromatic N) is 1. The number of hydrogen-bond donors (Lipinski definition) is 1. The van der Waals surface area contributed by atoms with E-state index in [1.54, 1.807) is 6.07 Å². The zero-order valence-electron chi connectivity index (χ0n) is 11.7. The molecular formula is C17H19FN2. The molecule has 20 heavy (non-hydrogen) atoms. The Morgan fingerprint density at radius 1 is 1.15 bits per heavy atom. The molecule has 1 aliphatic rings. The molecule has 3 rings (SSSR count). The van der Waals surface area contributed by atoms with Crippen LogP contribution >= 0.6 is 0 Å². The van der Waals surface area contributed by atoms with Gasteiger partial charge in [0.1, 0.15) is 5.82 Å². The van der Waals surface area contributed by atoms with Gasteiger partial charge in [0.25, 0.3) is 0 Å². The predicted molar refractivity (Wildman–Crippen MR) is 80.4 cm³/mol. The highest BCUT2D eigenvalue weighted by atomic mass is 19.1. The van der Waals surface area contributed by atoms with Crippen LogP contribution in [0.3, 0.4) is 0 Å². The Hall–Kier alpha value is -1.87. The molecule has 1 aliphatic heterocycles. The van der Waals surface area contributed by atoms with Crippen LogP contribution in [0, 0.1) is 5.82 Å². The molecular weight excluding hydrogens is 251 g/mol. The minimum atomic E-state index is -0.172. The summed E-state index contributed by atoms with van der Waals surface area (Å²) < 4.78 is 13.8. The van der Waals surface area contributed by atoms with Crippen molar-refractivity contribution in [2.24, 2.45) is 0 Å². The van der Waals surface area contributed by atoms with Crippen LogP contribution in [0.1, 0.15) is 16.7 Å². The summed E-state index contributed by atoms with van der Waals surface area (Å²) in [5.41, 5.74) is 4.67. The van der Waals surface area contributed by atoms with Crippen molar-refractivity contribution < 1.29 is 4.39 Å². The molecule has 0 radical (unpaired) electrons. The number of rotatable bonds is 3. The summed E-state index contributed by atoms with van der Waals surface area (Å²) in [5, 5.41) is 3.39. The van der Waals surface area contributed by atoms with Crippen LogP contribution in [-0.4, -0.2) is 13.6 Å². The molecule has 0 saturated heterocycles. The first-order valence-corrected chi connectivity index (χ1v) is 7.01. The number of benzene rings is 2. The van der Waals surface area contributed by atoms with E-state index in [1.165, 1.54) is 22.8 Å². The van der Waals surface area contributed by atoms with Crippen LogP contribution in [0.4, 0.5) is 10.1 Å². The zero-order valence-corrected chi connectivity index (χ0v) is 11.7. The Balaban J connectivity index is 1.79. The second-order valence-corrected chi connectivity index (χ2v) is 5.34. The maximum Gasteiger partial charge on any atom is 0.146 e. The number of halogens is 1. The van der Waals surface area contributed by atoms with E-state index in [-0.39, 0.29) is 5.82 Å². The van der Waals surface area contributed by atoms with Gasteiger partial charge in [-0.05, 0) is 41.8 Å². The molecule has 2 aromatic carbocycles. The first kappa shape index (κ1) is 13.1. The first-order chi connectivity index (χ1) is 9.74. The standard InChI is InChI=1S/C17H19FN2/c1-20(17-5-3-2-4-16(17)18)12-13-6-7-14-8-9-19-11-15(14)10-13/h2-7,10,19H,8-9,11-12H2,1H3. The van der Waals surface area contributed by atoms with Crippen LogP contribution in [0.2, 0.25) is 0 Å². The van der Waals surface area contributed by atoms with Gasteiger partial charge >= 0.3 is 0 Å². The second kappa shape index (κ2) is 5.63. The van der Waals surface area contributed by atoms with Crippen LogP contribution in [0.15, 0.2) is 42.5 Å². The summed E-state index contributed by atoms with van der Waals surface area (Å²) in [6.45, 7) is 2.71. The van der Waals surface area contributed by atoms with Gasteiger partial charge in [-0.15, -0.1) is 0 Å². The van der Waals surface area contributed by atoms with Gasteiger partial charge in [-0.2, -0.15) is 0 Å². The molecule has 0 unspecified atom stereocenters. The van der Waals surface area contributed by atoms with Crippen molar-refractivity contribution in [1.29, 1.82) is 0 Å². The van der Waals surface area contributed by atoms with Crippen LogP contribution in [0.25, 0.3) is 0 Å². The monoisotopic (exact) mass is 270 g/mol. The summed E-state index contributed by atoms with van der Waals surface area (Å²) >= 11 is 0. The van der Waals surface area contributed by atoms with Gasteiger partial charge in [-0.3, -0.25) is 0 Å². The lowest BCUT2D eigenvalue weighted by molar-refractivity contribution is 0.622. The fourth-order valence-corrected chi connectivity index (χ4v) is 2.75.